The molecule has 1 saturated heterocycles. The van der Waals surface area contributed by atoms with E-state index in [1.165, 1.54) is 11.1 Å². The number of nitrogens with one attached hydrogen (secondary N) is 1. The summed E-state index contributed by atoms with van der Waals surface area (Å²) in [6.07, 6.45) is -2.48. The molecule has 2 amide bonds. The zero-order valence-corrected chi connectivity index (χ0v) is 15.6. The van der Waals surface area contributed by atoms with E-state index in [0.717, 1.165) is 12.4 Å². The third-order valence-corrected chi connectivity index (χ3v) is 4.13. The minimum Gasteiger partial charge on any atom is -0.465 e. The average molecular weight is 418 g/mol. The highest BCUT2D eigenvalue weighted by atomic mass is 19.4. The maximum Gasteiger partial charge on any atom is 0.419 e. The number of oxime groups is 1. The number of carbonyl (C=O) groups excluding carboxylic acids is 1. The fraction of sp³-hybridized carbons (Fsp3) is 0.562. The van der Waals surface area contributed by atoms with Gasteiger partial charge in [-0.25, -0.2) is 14.8 Å². The summed E-state index contributed by atoms with van der Waals surface area (Å²) in [7, 11) is 0. The second-order valence-electron chi connectivity index (χ2n) is 6.13. The van der Waals surface area contributed by atoms with Crippen LogP contribution in [-0.2, 0) is 15.8 Å². The van der Waals surface area contributed by atoms with Crippen LogP contribution in [-0.4, -0.2) is 77.0 Å². The summed E-state index contributed by atoms with van der Waals surface area (Å²) in [5.74, 6) is -0.142. The van der Waals surface area contributed by atoms with Gasteiger partial charge in [-0.15, -0.1) is 0 Å². The van der Waals surface area contributed by atoms with Gasteiger partial charge in [0.2, 0.25) is 5.95 Å². The molecular weight excluding hydrogens is 397 g/mol. The molecule has 29 heavy (non-hydrogen) atoms. The highest BCUT2D eigenvalue weighted by Crippen LogP contribution is 2.28. The van der Waals surface area contributed by atoms with E-state index in [9.17, 15) is 22.8 Å². The van der Waals surface area contributed by atoms with Crippen molar-refractivity contribution in [1.82, 2.24) is 20.2 Å². The number of nitrogens with zero attached hydrogens (tertiary/aromatic N) is 5. The smallest absolute Gasteiger partial charge is 0.419 e. The first kappa shape index (κ1) is 22.2. The minimum atomic E-state index is -4.49. The number of hydrogen-bond acceptors (Lipinski definition) is 7. The number of hydrogen-bond donors (Lipinski definition) is 2. The fourth-order valence-corrected chi connectivity index (χ4v) is 2.49. The number of aromatic nitrogens is 2. The lowest BCUT2D eigenvalue weighted by atomic mass is 10.2. The summed E-state index contributed by atoms with van der Waals surface area (Å²) >= 11 is 0. The molecule has 10 nitrogen and oxygen atoms in total. The van der Waals surface area contributed by atoms with Crippen molar-refractivity contribution in [2.24, 2.45) is 5.16 Å². The molecule has 1 aliphatic rings. The predicted octanol–water partition coefficient (Wildman–Crippen LogP) is 1.19. The Morgan fingerprint density at radius 2 is 1.93 bits per heavy atom. The van der Waals surface area contributed by atoms with Crippen molar-refractivity contribution in [3.8, 4) is 0 Å². The second kappa shape index (κ2) is 9.89. The average Bonchev–Trinajstić information content (AvgIpc) is 2.69. The van der Waals surface area contributed by atoms with Crippen LogP contribution in [0.3, 0.4) is 0 Å². The van der Waals surface area contributed by atoms with Crippen molar-refractivity contribution < 1.29 is 32.7 Å². The van der Waals surface area contributed by atoms with Gasteiger partial charge >= 0.3 is 12.3 Å². The first-order valence-electron chi connectivity index (χ1n) is 8.77. The van der Waals surface area contributed by atoms with E-state index in [4.69, 9.17) is 9.94 Å². The first-order valence-corrected chi connectivity index (χ1v) is 8.77. The molecule has 0 spiro atoms. The number of carbonyl (C=O) groups is 2. The molecule has 13 heteroatoms. The molecule has 0 radical (unpaired) electrons. The van der Waals surface area contributed by atoms with Crippen molar-refractivity contribution in [1.29, 1.82) is 0 Å². The number of amides is 2. The zero-order valence-electron chi connectivity index (χ0n) is 15.6. The molecule has 0 bridgehead atoms. The molecule has 160 valence electrons. The van der Waals surface area contributed by atoms with Crippen molar-refractivity contribution in [3.63, 3.8) is 0 Å². The molecule has 1 fully saturated rings. The predicted molar refractivity (Wildman–Crippen MR) is 95.5 cm³/mol. The third-order valence-electron chi connectivity index (χ3n) is 4.13. The Hall–Kier alpha value is -3.12. The van der Waals surface area contributed by atoms with Crippen molar-refractivity contribution in [3.05, 3.63) is 18.0 Å². The Labute approximate surface area is 164 Å². The van der Waals surface area contributed by atoms with Gasteiger partial charge in [-0.3, -0.25) is 4.79 Å². The normalized spacial score (nSPS) is 16.0. The molecule has 1 unspecified atom stereocenters. The molecule has 1 atom stereocenters. The van der Waals surface area contributed by atoms with Crippen molar-refractivity contribution in [2.75, 3.05) is 37.7 Å². The van der Waals surface area contributed by atoms with E-state index in [1.807, 2.05) is 0 Å². The monoisotopic (exact) mass is 418 g/mol. The first-order chi connectivity index (χ1) is 13.7. The van der Waals surface area contributed by atoms with Gasteiger partial charge in [0, 0.05) is 38.6 Å². The standard InChI is InChI=1S/C16H21F3N6O4/c1-2-12(23-15(27)28)9-22-29-10-13(26)24-3-5-25(6-4-24)14-20-7-11(8-21-14)16(17,18)19/h7-9,12,23H,2-6,10H2,1H3,(H,27,28). The Morgan fingerprint density at radius 1 is 1.31 bits per heavy atom. The molecular formula is C16H21F3N6O4. The zero-order chi connectivity index (χ0) is 21.4. The number of carboxylic acid groups (broad SMARTS) is 1. The van der Waals surface area contributed by atoms with Crippen LogP contribution in [0.15, 0.2) is 17.5 Å². The van der Waals surface area contributed by atoms with Gasteiger partial charge in [-0.1, -0.05) is 12.1 Å². The van der Waals surface area contributed by atoms with E-state index in [2.05, 4.69) is 20.4 Å². The summed E-state index contributed by atoms with van der Waals surface area (Å²) in [5.41, 5.74) is -0.920. The van der Waals surface area contributed by atoms with Crippen LogP contribution in [0.5, 0.6) is 0 Å². The molecule has 1 aliphatic heterocycles. The summed E-state index contributed by atoms with van der Waals surface area (Å²) in [5, 5.41) is 14.5. The van der Waals surface area contributed by atoms with Crippen LogP contribution in [0.25, 0.3) is 0 Å². The third kappa shape index (κ3) is 6.76. The molecule has 2 rings (SSSR count). The number of piperazine rings is 1. The van der Waals surface area contributed by atoms with Gasteiger partial charge in [0.25, 0.3) is 5.91 Å². The van der Waals surface area contributed by atoms with E-state index in [-0.39, 0.29) is 18.5 Å². The molecule has 2 heterocycles. The maximum atomic E-state index is 12.6. The summed E-state index contributed by atoms with van der Waals surface area (Å²) in [4.78, 5) is 38.3. The maximum absolute atomic E-state index is 12.6. The van der Waals surface area contributed by atoms with E-state index >= 15 is 0 Å². The van der Waals surface area contributed by atoms with Crippen LogP contribution in [0.1, 0.15) is 18.9 Å². The highest BCUT2D eigenvalue weighted by molar-refractivity contribution is 5.78. The van der Waals surface area contributed by atoms with Crippen LogP contribution in [0.2, 0.25) is 0 Å². The van der Waals surface area contributed by atoms with Gasteiger partial charge in [0.15, 0.2) is 6.61 Å². The summed E-state index contributed by atoms with van der Waals surface area (Å²) in [6.45, 7) is 2.83. The Balaban J connectivity index is 1.77. The lowest BCUT2D eigenvalue weighted by molar-refractivity contribution is -0.138. The van der Waals surface area contributed by atoms with Gasteiger partial charge in [0.1, 0.15) is 0 Å². The number of rotatable bonds is 7. The van der Waals surface area contributed by atoms with Crippen LogP contribution in [0, 0.1) is 0 Å². The second-order valence-corrected chi connectivity index (χ2v) is 6.13. The molecule has 2 N–H and O–H groups in total. The lowest BCUT2D eigenvalue weighted by Crippen LogP contribution is -2.50. The van der Waals surface area contributed by atoms with Crippen LogP contribution >= 0.6 is 0 Å². The molecule has 0 aliphatic carbocycles. The quantitative estimate of drug-likeness (QED) is 0.504. The number of anilines is 1. The summed E-state index contributed by atoms with van der Waals surface area (Å²) < 4.78 is 37.7. The SMILES string of the molecule is CCC(C=NOCC(=O)N1CCN(c2ncc(C(F)(F)F)cn2)CC1)NC(=O)O. The Kier molecular flexibility index (Phi) is 7.56. The van der Waals surface area contributed by atoms with E-state index in [1.54, 1.807) is 11.8 Å². The topological polar surface area (TPSA) is 120 Å². The summed E-state index contributed by atoms with van der Waals surface area (Å²) in [6, 6.07) is -0.519. The van der Waals surface area contributed by atoms with Gasteiger partial charge in [-0.2, -0.15) is 13.2 Å². The largest absolute Gasteiger partial charge is 0.465 e. The molecule has 1 aromatic rings. The fourth-order valence-electron chi connectivity index (χ4n) is 2.49. The Bertz CT molecular complexity index is 720. The Morgan fingerprint density at radius 3 is 2.45 bits per heavy atom. The van der Waals surface area contributed by atoms with Gasteiger partial charge in [-0.05, 0) is 6.42 Å². The van der Waals surface area contributed by atoms with Crippen LogP contribution < -0.4 is 10.2 Å². The van der Waals surface area contributed by atoms with Gasteiger partial charge in [0.05, 0.1) is 17.8 Å². The lowest BCUT2D eigenvalue weighted by Gasteiger charge is -2.34. The molecule has 1 aromatic heterocycles. The van der Waals surface area contributed by atoms with Crippen LogP contribution in [0.4, 0.5) is 23.9 Å². The van der Waals surface area contributed by atoms with E-state index in [0.29, 0.717) is 32.6 Å². The molecule has 0 aromatic carbocycles. The van der Waals surface area contributed by atoms with Gasteiger partial charge < -0.3 is 25.1 Å². The van der Waals surface area contributed by atoms with E-state index < -0.39 is 23.9 Å². The molecule has 0 saturated carbocycles. The van der Waals surface area contributed by atoms with Crippen molar-refractivity contribution >= 4 is 24.2 Å². The number of alkyl halides is 3. The van der Waals surface area contributed by atoms with Crippen molar-refractivity contribution in [2.45, 2.75) is 25.6 Å². The highest BCUT2D eigenvalue weighted by Gasteiger charge is 2.32. The minimum absolute atomic E-state index is 0.169. The number of halogens is 3.